The van der Waals surface area contributed by atoms with Crippen molar-refractivity contribution in [3.05, 3.63) is 39.2 Å². The molecule has 0 fully saturated rings. The number of esters is 2. The van der Waals surface area contributed by atoms with E-state index in [1.807, 2.05) is 0 Å². The van der Waals surface area contributed by atoms with Gasteiger partial charge < -0.3 is 38.0 Å². The zero-order chi connectivity index (χ0) is 17.6. The zero-order valence-electron chi connectivity index (χ0n) is 12.7. The molecular weight excluding hydrogens is 343 g/mol. The van der Waals surface area contributed by atoms with Crippen LogP contribution in [0.2, 0.25) is 0 Å². The molecule has 0 aromatic heterocycles. The Kier molecular flexibility index (Phi) is 23.2. The van der Waals surface area contributed by atoms with Crippen LogP contribution in [0, 0.1) is 13.8 Å². The van der Waals surface area contributed by atoms with Gasteiger partial charge in [-0.15, -0.1) is 0 Å². The summed E-state index contributed by atoms with van der Waals surface area (Å²) in [5.41, 5.74) is 0. The monoisotopic (exact) mass is 364 g/mol. The molecular formula is C12H21CaO8P. The minimum atomic E-state index is -4.64. The predicted octanol–water partition coefficient (Wildman–Crippen LogP) is 0.567. The van der Waals surface area contributed by atoms with E-state index in [1.54, 1.807) is 13.8 Å². The number of carbonyl (C=O) groups excluding carboxylic acids is 2. The summed E-state index contributed by atoms with van der Waals surface area (Å²) in [7, 11) is -4.64. The van der Waals surface area contributed by atoms with E-state index in [2.05, 4.69) is 36.5 Å². The number of carbonyl (C=O) groups is 2. The maximum atomic E-state index is 10.2. The van der Waals surface area contributed by atoms with Gasteiger partial charge in [-0.2, -0.15) is 0 Å². The first-order valence-corrected chi connectivity index (χ1v) is 7.00. The molecule has 0 aliphatic carbocycles. The Balaban J connectivity index is -0.000000111. The number of rotatable bonds is 4. The second-order valence-electron chi connectivity index (χ2n) is 3.42. The van der Waals surface area contributed by atoms with Crippen molar-refractivity contribution >= 4 is 57.5 Å². The average molecular weight is 364 g/mol. The number of hydrogen-bond acceptors (Lipinski definition) is 5. The standard InChI is InChI=1S/2C6H9O2.Ca.H3O4P/c2*1-4-6(7)8-5(2)3;;1-5(2,3)4/h2*4-5H,1-2H2,3H3;;(H3,1,2,3,4)/q2*-1;+2;. The van der Waals surface area contributed by atoms with Crippen molar-refractivity contribution in [2.24, 2.45) is 0 Å². The maximum absolute atomic E-state index is 10.2. The van der Waals surface area contributed by atoms with Crippen molar-refractivity contribution in [3.63, 3.8) is 0 Å². The number of ether oxygens (including phenoxy) is 2. The molecule has 8 nitrogen and oxygen atoms in total. The fourth-order valence-corrected chi connectivity index (χ4v) is 0.493. The van der Waals surface area contributed by atoms with Crippen molar-refractivity contribution < 1.29 is 38.3 Å². The van der Waals surface area contributed by atoms with Crippen molar-refractivity contribution in [1.29, 1.82) is 0 Å². The second kappa shape index (κ2) is 17.1. The van der Waals surface area contributed by atoms with Gasteiger partial charge in [-0.3, -0.25) is 0 Å². The Morgan fingerprint density at radius 3 is 1.23 bits per heavy atom. The van der Waals surface area contributed by atoms with Gasteiger partial charge in [0.15, 0.2) is 0 Å². The Morgan fingerprint density at radius 2 is 1.18 bits per heavy atom. The normalized spacial score (nSPS) is 11.6. The van der Waals surface area contributed by atoms with Crippen LogP contribution in [-0.2, 0) is 23.6 Å². The van der Waals surface area contributed by atoms with E-state index >= 15 is 0 Å². The quantitative estimate of drug-likeness (QED) is 0.217. The minimum Gasteiger partial charge on any atom is -0.493 e. The molecule has 0 saturated heterocycles. The zero-order valence-corrected chi connectivity index (χ0v) is 15.8. The molecule has 0 aliphatic rings. The van der Waals surface area contributed by atoms with Crippen LogP contribution in [-0.4, -0.2) is 76.6 Å². The first-order chi connectivity index (χ1) is 9.33. The van der Waals surface area contributed by atoms with Crippen molar-refractivity contribution in [1.82, 2.24) is 0 Å². The van der Waals surface area contributed by atoms with Crippen LogP contribution in [0.25, 0.3) is 0 Å². The van der Waals surface area contributed by atoms with Crippen LogP contribution in [0.3, 0.4) is 0 Å². The Morgan fingerprint density at radius 1 is 1.00 bits per heavy atom. The minimum absolute atomic E-state index is 0. The van der Waals surface area contributed by atoms with Crippen LogP contribution in [0.5, 0.6) is 0 Å². The summed E-state index contributed by atoms with van der Waals surface area (Å²) in [5, 5.41) is 0. The smallest absolute Gasteiger partial charge is 0.493 e. The topological polar surface area (TPSA) is 130 Å². The van der Waals surface area contributed by atoms with E-state index in [4.69, 9.17) is 19.2 Å². The molecule has 22 heavy (non-hydrogen) atoms. The van der Waals surface area contributed by atoms with E-state index in [0.717, 1.165) is 12.2 Å². The molecule has 10 heteroatoms. The van der Waals surface area contributed by atoms with Gasteiger partial charge in [0.05, 0.1) is 0 Å². The van der Waals surface area contributed by atoms with E-state index in [1.165, 1.54) is 0 Å². The summed E-state index contributed by atoms with van der Waals surface area (Å²) in [5.74, 6) is -0.847. The average Bonchev–Trinajstić information content (AvgIpc) is 2.25. The third-order valence-corrected chi connectivity index (χ3v) is 0.968. The van der Waals surface area contributed by atoms with Gasteiger partial charge in [0.2, 0.25) is 0 Å². The SMILES string of the molecule is C=CC(=O)OC([CH2-])C.C=CC(=O)OC([CH2-])C.O=P(O)(O)O.[Ca+2]. The van der Waals surface area contributed by atoms with Crippen molar-refractivity contribution in [2.45, 2.75) is 26.1 Å². The molecule has 0 amide bonds. The van der Waals surface area contributed by atoms with Crippen LogP contribution in [0.4, 0.5) is 0 Å². The Bertz CT molecular complexity index is 341. The molecule has 0 aromatic rings. The van der Waals surface area contributed by atoms with E-state index in [-0.39, 0.29) is 49.9 Å². The summed E-state index contributed by atoms with van der Waals surface area (Å²) >= 11 is 0. The molecule has 124 valence electrons. The van der Waals surface area contributed by atoms with Gasteiger partial charge in [0.1, 0.15) is 0 Å². The number of phosphoric acid groups is 1. The largest absolute Gasteiger partial charge is 2.00 e. The molecule has 0 heterocycles. The summed E-state index contributed by atoms with van der Waals surface area (Å²) < 4.78 is 17.9. The van der Waals surface area contributed by atoms with Crippen LogP contribution >= 0.6 is 7.82 Å². The second-order valence-corrected chi connectivity index (χ2v) is 4.44. The molecule has 3 N–H and O–H groups in total. The van der Waals surface area contributed by atoms with E-state index in [9.17, 15) is 9.59 Å². The molecule has 0 aromatic carbocycles. The molecule has 0 bridgehead atoms. The predicted molar refractivity (Wildman–Crippen MR) is 82.2 cm³/mol. The van der Waals surface area contributed by atoms with Gasteiger partial charge in [-0.1, -0.05) is 27.0 Å². The molecule has 0 rings (SSSR count). The van der Waals surface area contributed by atoms with Gasteiger partial charge in [0.25, 0.3) is 0 Å². The summed E-state index contributed by atoms with van der Waals surface area (Å²) in [6.45, 7) is 16.7. The third kappa shape index (κ3) is 50.3. The summed E-state index contributed by atoms with van der Waals surface area (Å²) in [6, 6.07) is 0. The van der Waals surface area contributed by atoms with Crippen LogP contribution in [0.15, 0.2) is 25.3 Å². The molecule has 2 atom stereocenters. The van der Waals surface area contributed by atoms with Gasteiger partial charge in [-0.25, -0.2) is 14.2 Å². The van der Waals surface area contributed by atoms with Gasteiger partial charge in [-0.05, 0) is 12.2 Å². The summed E-state index contributed by atoms with van der Waals surface area (Å²) in [4.78, 5) is 42.0. The van der Waals surface area contributed by atoms with Crippen molar-refractivity contribution in [3.8, 4) is 0 Å². The number of hydrogen-bond donors (Lipinski definition) is 3. The van der Waals surface area contributed by atoms with Crippen LogP contribution < -0.4 is 0 Å². The fourth-order valence-electron chi connectivity index (χ4n) is 0.493. The third-order valence-electron chi connectivity index (χ3n) is 0.968. The van der Waals surface area contributed by atoms with Crippen molar-refractivity contribution in [2.75, 3.05) is 0 Å². The molecule has 0 radical (unpaired) electrons. The first-order valence-electron chi connectivity index (χ1n) is 5.44. The van der Waals surface area contributed by atoms with E-state index < -0.39 is 19.8 Å². The Labute approximate surface area is 160 Å². The van der Waals surface area contributed by atoms with Gasteiger partial charge >= 0.3 is 57.5 Å². The molecule has 0 saturated carbocycles. The molecule has 2 unspecified atom stereocenters. The first kappa shape index (κ1) is 29.8. The fraction of sp³-hybridized carbons (Fsp3) is 0.333. The van der Waals surface area contributed by atoms with Crippen LogP contribution in [0.1, 0.15) is 13.8 Å². The maximum Gasteiger partial charge on any atom is 2.00 e. The molecule has 0 aliphatic heterocycles. The molecule has 0 spiro atoms. The van der Waals surface area contributed by atoms with Gasteiger partial charge in [0, 0.05) is 12.2 Å². The van der Waals surface area contributed by atoms with E-state index in [0.29, 0.717) is 0 Å². The Hall–Kier alpha value is -0.210. The summed E-state index contributed by atoms with van der Waals surface area (Å²) in [6.07, 6.45) is 1.64.